The minimum Gasteiger partial charge on any atom is -0.384 e. The van der Waals surface area contributed by atoms with E-state index < -0.39 is 0 Å². The molecule has 0 aliphatic heterocycles. The van der Waals surface area contributed by atoms with Crippen molar-refractivity contribution in [3.8, 4) is 0 Å². The van der Waals surface area contributed by atoms with E-state index in [1.165, 1.54) is 10.7 Å². The third kappa shape index (κ3) is 3.00. The molecule has 0 unspecified atom stereocenters. The van der Waals surface area contributed by atoms with Crippen molar-refractivity contribution in [1.82, 2.24) is 15.1 Å². The maximum absolute atomic E-state index is 12.0. The Morgan fingerprint density at radius 1 is 1.47 bits per heavy atom. The van der Waals surface area contributed by atoms with E-state index in [9.17, 15) is 4.79 Å². The van der Waals surface area contributed by atoms with Crippen LogP contribution in [-0.2, 0) is 13.6 Å². The smallest absolute Gasteiger partial charge is 0.253 e. The molecule has 2 aromatic rings. The van der Waals surface area contributed by atoms with Crippen LogP contribution in [0, 0.1) is 0 Å². The SMILES string of the molecule is Cn1ncc(CNC(=O)c2cc(Cl)ccc2Cl)c1N. The molecular formula is C12H12Cl2N4O. The predicted octanol–water partition coefficient (Wildman–Crippen LogP) is 2.24. The van der Waals surface area contributed by atoms with Gasteiger partial charge >= 0.3 is 0 Å². The summed E-state index contributed by atoms with van der Waals surface area (Å²) in [6.07, 6.45) is 1.61. The molecule has 0 saturated carbocycles. The summed E-state index contributed by atoms with van der Waals surface area (Å²) in [5.41, 5.74) is 6.86. The molecule has 0 atom stereocenters. The molecule has 0 spiro atoms. The molecule has 2 rings (SSSR count). The summed E-state index contributed by atoms with van der Waals surface area (Å²) in [4.78, 5) is 12.0. The molecule has 0 saturated heterocycles. The van der Waals surface area contributed by atoms with Crippen LogP contribution in [0.4, 0.5) is 5.82 Å². The van der Waals surface area contributed by atoms with Gasteiger partial charge in [-0.1, -0.05) is 23.2 Å². The maximum atomic E-state index is 12.0. The number of carbonyl (C=O) groups excluding carboxylic acids is 1. The van der Waals surface area contributed by atoms with Crippen LogP contribution < -0.4 is 11.1 Å². The number of aryl methyl sites for hydroxylation is 1. The zero-order chi connectivity index (χ0) is 14.0. The number of benzene rings is 1. The number of anilines is 1. The van der Waals surface area contributed by atoms with Crippen LogP contribution in [0.1, 0.15) is 15.9 Å². The third-order valence-electron chi connectivity index (χ3n) is 2.68. The Morgan fingerprint density at radius 2 is 2.21 bits per heavy atom. The van der Waals surface area contributed by atoms with Gasteiger partial charge in [-0.05, 0) is 18.2 Å². The van der Waals surface area contributed by atoms with Crippen molar-refractivity contribution in [1.29, 1.82) is 0 Å². The van der Waals surface area contributed by atoms with E-state index in [1.54, 1.807) is 25.4 Å². The molecule has 7 heteroatoms. The Kier molecular flexibility index (Phi) is 3.97. The Morgan fingerprint density at radius 3 is 2.84 bits per heavy atom. The van der Waals surface area contributed by atoms with Crippen molar-refractivity contribution in [2.75, 3.05) is 5.73 Å². The highest BCUT2D eigenvalue weighted by molar-refractivity contribution is 6.35. The number of aromatic nitrogens is 2. The monoisotopic (exact) mass is 298 g/mol. The normalized spacial score (nSPS) is 10.5. The number of nitrogens with zero attached hydrogens (tertiary/aromatic N) is 2. The van der Waals surface area contributed by atoms with E-state index in [-0.39, 0.29) is 12.5 Å². The van der Waals surface area contributed by atoms with Crippen LogP contribution in [0.3, 0.4) is 0 Å². The van der Waals surface area contributed by atoms with Crippen molar-refractivity contribution in [2.45, 2.75) is 6.54 Å². The molecule has 1 aromatic carbocycles. The fourth-order valence-corrected chi connectivity index (χ4v) is 1.95. The van der Waals surface area contributed by atoms with Gasteiger partial charge in [-0.3, -0.25) is 9.48 Å². The van der Waals surface area contributed by atoms with Gasteiger partial charge in [0.05, 0.1) is 16.8 Å². The van der Waals surface area contributed by atoms with Crippen molar-refractivity contribution in [3.05, 3.63) is 45.6 Å². The highest BCUT2D eigenvalue weighted by atomic mass is 35.5. The van der Waals surface area contributed by atoms with E-state index in [1.807, 2.05) is 0 Å². The van der Waals surface area contributed by atoms with Gasteiger partial charge in [0.25, 0.3) is 5.91 Å². The number of nitrogens with one attached hydrogen (secondary N) is 1. The maximum Gasteiger partial charge on any atom is 0.253 e. The van der Waals surface area contributed by atoms with E-state index in [0.29, 0.717) is 21.4 Å². The average molecular weight is 299 g/mol. The number of nitrogens with two attached hydrogens (primary N) is 1. The summed E-state index contributed by atoms with van der Waals surface area (Å²) in [5, 5.41) is 7.52. The van der Waals surface area contributed by atoms with E-state index >= 15 is 0 Å². The van der Waals surface area contributed by atoms with Crippen LogP contribution in [-0.4, -0.2) is 15.7 Å². The summed E-state index contributed by atoms with van der Waals surface area (Å²) in [7, 11) is 1.73. The van der Waals surface area contributed by atoms with E-state index in [2.05, 4.69) is 10.4 Å². The first-order valence-electron chi connectivity index (χ1n) is 5.48. The average Bonchev–Trinajstić information content (AvgIpc) is 2.70. The third-order valence-corrected chi connectivity index (χ3v) is 3.24. The molecule has 19 heavy (non-hydrogen) atoms. The van der Waals surface area contributed by atoms with Gasteiger partial charge in [-0.15, -0.1) is 0 Å². The highest BCUT2D eigenvalue weighted by Crippen LogP contribution is 2.20. The number of hydrogen-bond donors (Lipinski definition) is 2. The molecule has 100 valence electrons. The first kappa shape index (κ1) is 13.7. The molecule has 0 aliphatic rings. The van der Waals surface area contributed by atoms with Gasteiger partial charge in [0.2, 0.25) is 0 Å². The number of hydrogen-bond acceptors (Lipinski definition) is 3. The quantitative estimate of drug-likeness (QED) is 0.913. The predicted molar refractivity (Wildman–Crippen MR) is 75.3 cm³/mol. The number of rotatable bonds is 3. The Balaban J connectivity index is 2.09. The van der Waals surface area contributed by atoms with Crippen molar-refractivity contribution < 1.29 is 4.79 Å². The summed E-state index contributed by atoms with van der Waals surface area (Å²) in [6, 6.07) is 4.73. The molecule has 5 nitrogen and oxygen atoms in total. The summed E-state index contributed by atoms with van der Waals surface area (Å²) in [6.45, 7) is 0.279. The Labute approximate surface area is 120 Å². The number of amides is 1. The van der Waals surface area contributed by atoms with Crippen molar-refractivity contribution in [2.24, 2.45) is 7.05 Å². The van der Waals surface area contributed by atoms with Crippen LogP contribution in [0.15, 0.2) is 24.4 Å². The van der Waals surface area contributed by atoms with Gasteiger partial charge in [-0.25, -0.2) is 0 Å². The van der Waals surface area contributed by atoms with Crippen molar-refractivity contribution in [3.63, 3.8) is 0 Å². The lowest BCUT2D eigenvalue weighted by Gasteiger charge is -2.07. The second-order valence-electron chi connectivity index (χ2n) is 3.99. The van der Waals surface area contributed by atoms with Gasteiger partial charge in [-0.2, -0.15) is 5.10 Å². The number of nitrogen functional groups attached to an aromatic ring is 1. The lowest BCUT2D eigenvalue weighted by atomic mass is 10.2. The highest BCUT2D eigenvalue weighted by Gasteiger charge is 2.12. The van der Waals surface area contributed by atoms with Gasteiger partial charge < -0.3 is 11.1 Å². The summed E-state index contributed by atoms with van der Waals surface area (Å²) < 4.78 is 1.54. The van der Waals surface area contributed by atoms with Crippen LogP contribution in [0.2, 0.25) is 10.0 Å². The van der Waals surface area contributed by atoms with Crippen LogP contribution in [0.5, 0.6) is 0 Å². The van der Waals surface area contributed by atoms with E-state index in [4.69, 9.17) is 28.9 Å². The molecule has 0 radical (unpaired) electrons. The summed E-state index contributed by atoms with van der Waals surface area (Å²) in [5.74, 6) is 0.202. The molecule has 0 aliphatic carbocycles. The zero-order valence-corrected chi connectivity index (χ0v) is 11.7. The molecule has 1 amide bonds. The molecular weight excluding hydrogens is 287 g/mol. The number of carbonyl (C=O) groups is 1. The lowest BCUT2D eigenvalue weighted by Crippen LogP contribution is -2.23. The topological polar surface area (TPSA) is 72.9 Å². The molecule has 1 heterocycles. The second-order valence-corrected chi connectivity index (χ2v) is 4.83. The summed E-state index contributed by atoms with van der Waals surface area (Å²) >= 11 is 11.8. The first-order valence-corrected chi connectivity index (χ1v) is 6.24. The second kappa shape index (κ2) is 5.50. The van der Waals surface area contributed by atoms with Crippen LogP contribution >= 0.6 is 23.2 Å². The zero-order valence-electron chi connectivity index (χ0n) is 10.2. The first-order chi connectivity index (χ1) is 8.99. The van der Waals surface area contributed by atoms with Gasteiger partial charge in [0, 0.05) is 24.2 Å². The van der Waals surface area contributed by atoms with Gasteiger partial charge in [0.1, 0.15) is 5.82 Å². The molecule has 1 aromatic heterocycles. The molecule has 0 bridgehead atoms. The number of halogens is 2. The van der Waals surface area contributed by atoms with Gasteiger partial charge in [0.15, 0.2) is 0 Å². The molecule has 3 N–H and O–H groups in total. The molecule has 0 fully saturated rings. The lowest BCUT2D eigenvalue weighted by molar-refractivity contribution is 0.0951. The standard InChI is InChI=1S/C12H12Cl2N4O/c1-18-11(15)7(6-17-18)5-16-12(19)9-4-8(13)2-3-10(9)14/h2-4,6H,5,15H2,1H3,(H,16,19). The fraction of sp³-hybridized carbons (Fsp3) is 0.167. The Bertz CT molecular complexity index is 624. The minimum atomic E-state index is -0.309. The van der Waals surface area contributed by atoms with Crippen LogP contribution in [0.25, 0.3) is 0 Å². The largest absolute Gasteiger partial charge is 0.384 e. The fourth-order valence-electron chi connectivity index (χ4n) is 1.57. The minimum absolute atomic E-state index is 0.279. The van der Waals surface area contributed by atoms with E-state index in [0.717, 1.165) is 5.56 Å². The Hall–Kier alpha value is -1.72. The van der Waals surface area contributed by atoms with Crippen molar-refractivity contribution >= 4 is 34.9 Å².